The van der Waals surface area contributed by atoms with E-state index in [2.05, 4.69) is 16.4 Å². The molecule has 0 atom stereocenters. The zero-order valence-electron chi connectivity index (χ0n) is 13.6. The number of aromatic nitrogens is 2. The Balaban J connectivity index is 1.67. The molecule has 3 aromatic rings. The number of carbonyl (C=O) groups is 1. The second-order valence-corrected chi connectivity index (χ2v) is 6.25. The highest BCUT2D eigenvalue weighted by Gasteiger charge is 2.22. The average Bonchev–Trinajstić information content (AvgIpc) is 3.28. The van der Waals surface area contributed by atoms with Gasteiger partial charge in [-0.15, -0.1) is 0 Å². The summed E-state index contributed by atoms with van der Waals surface area (Å²) in [4.78, 5) is 16.9. The summed E-state index contributed by atoms with van der Waals surface area (Å²) in [6.07, 6.45) is 1.51. The van der Waals surface area contributed by atoms with Gasteiger partial charge in [0.05, 0.1) is 36.1 Å². The van der Waals surface area contributed by atoms with Crippen LogP contribution in [0.3, 0.4) is 0 Å². The number of carbonyl (C=O) groups excluding carboxylic acids is 1. The molecule has 3 heterocycles. The smallest absolute Gasteiger partial charge is 0.253 e. The van der Waals surface area contributed by atoms with Crippen LogP contribution in [0, 0.1) is 0 Å². The Bertz CT molecular complexity index is 973. The lowest BCUT2D eigenvalue weighted by Crippen LogP contribution is -2.24. The summed E-state index contributed by atoms with van der Waals surface area (Å²) in [7, 11) is 0. The van der Waals surface area contributed by atoms with Gasteiger partial charge in [-0.25, -0.2) is 4.98 Å². The van der Waals surface area contributed by atoms with Crippen LogP contribution in [0.5, 0.6) is 0 Å². The Hall–Kier alpha value is -2.70. The van der Waals surface area contributed by atoms with E-state index in [9.17, 15) is 4.79 Å². The molecule has 0 unspecified atom stereocenters. The van der Waals surface area contributed by atoms with Gasteiger partial charge < -0.3 is 19.4 Å². The van der Waals surface area contributed by atoms with Crippen LogP contribution in [0.15, 0.2) is 42.7 Å². The maximum absolute atomic E-state index is 12.3. The van der Waals surface area contributed by atoms with Crippen LogP contribution in [0.4, 0.5) is 0 Å². The van der Waals surface area contributed by atoms with Gasteiger partial charge in [0.1, 0.15) is 0 Å². The Morgan fingerprint density at radius 2 is 1.96 bits per heavy atom. The summed E-state index contributed by atoms with van der Waals surface area (Å²) >= 11 is 0. The molecule has 2 aliphatic rings. The van der Waals surface area contributed by atoms with E-state index < -0.39 is 0 Å². The molecule has 6 heteroatoms. The minimum atomic E-state index is -0.305. The molecule has 126 valence electrons. The monoisotopic (exact) mass is 335 g/mol. The first kappa shape index (κ1) is 14.6. The van der Waals surface area contributed by atoms with Crippen LogP contribution >= 0.6 is 0 Å². The van der Waals surface area contributed by atoms with Crippen LogP contribution < -0.4 is 5.32 Å². The second kappa shape index (κ2) is 5.68. The van der Waals surface area contributed by atoms with Gasteiger partial charge in [0.2, 0.25) is 0 Å². The molecule has 1 saturated heterocycles. The van der Waals surface area contributed by atoms with E-state index in [1.54, 1.807) is 0 Å². The molecular formula is C19H17N3O3. The number of amides is 1. The van der Waals surface area contributed by atoms with Gasteiger partial charge in [-0.3, -0.25) is 4.79 Å². The first-order valence-corrected chi connectivity index (χ1v) is 8.41. The number of benzene rings is 2. The Kier molecular flexibility index (Phi) is 3.33. The highest BCUT2D eigenvalue weighted by atomic mass is 16.7. The largest absolute Gasteiger partial charge is 0.350 e. The van der Waals surface area contributed by atoms with Crippen molar-refractivity contribution in [3.63, 3.8) is 0 Å². The van der Waals surface area contributed by atoms with Crippen LogP contribution in [0.25, 0.3) is 22.2 Å². The van der Waals surface area contributed by atoms with Crippen LogP contribution in [0.2, 0.25) is 0 Å². The topological polar surface area (TPSA) is 65.4 Å². The van der Waals surface area contributed by atoms with Gasteiger partial charge in [0.25, 0.3) is 5.91 Å². The van der Waals surface area contributed by atoms with E-state index in [1.807, 2.05) is 41.2 Å². The summed E-state index contributed by atoms with van der Waals surface area (Å²) in [6, 6.07) is 12.0. The van der Waals surface area contributed by atoms with Crippen molar-refractivity contribution in [2.75, 3.05) is 19.8 Å². The van der Waals surface area contributed by atoms with Gasteiger partial charge in [0.15, 0.2) is 6.29 Å². The molecular weight excluding hydrogens is 318 g/mol. The second-order valence-electron chi connectivity index (χ2n) is 6.25. The van der Waals surface area contributed by atoms with Crippen LogP contribution in [0.1, 0.15) is 22.2 Å². The van der Waals surface area contributed by atoms with Crippen molar-refractivity contribution in [3.05, 3.63) is 53.9 Å². The molecule has 1 amide bonds. The summed E-state index contributed by atoms with van der Waals surface area (Å²) in [6.45, 7) is 2.57. The summed E-state index contributed by atoms with van der Waals surface area (Å²) in [5.41, 5.74) is 5.46. The van der Waals surface area contributed by atoms with Gasteiger partial charge >= 0.3 is 0 Å². The van der Waals surface area contributed by atoms with Crippen molar-refractivity contribution in [2.45, 2.75) is 12.8 Å². The van der Waals surface area contributed by atoms with Crippen molar-refractivity contribution >= 4 is 16.9 Å². The Labute approximate surface area is 144 Å². The van der Waals surface area contributed by atoms with Crippen molar-refractivity contribution in [3.8, 4) is 11.1 Å². The maximum atomic E-state index is 12.3. The third kappa shape index (κ3) is 2.33. The van der Waals surface area contributed by atoms with Crippen molar-refractivity contribution in [1.82, 2.24) is 14.9 Å². The predicted molar refractivity (Wildman–Crippen MR) is 92.1 cm³/mol. The number of hydrogen-bond donors (Lipinski definition) is 1. The van der Waals surface area contributed by atoms with Crippen molar-refractivity contribution in [1.29, 1.82) is 0 Å². The number of ether oxygens (including phenoxy) is 2. The van der Waals surface area contributed by atoms with E-state index in [4.69, 9.17) is 9.47 Å². The zero-order valence-corrected chi connectivity index (χ0v) is 13.6. The van der Waals surface area contributed by atoms with Gasteiger partial charge in [0, 0.05) is 24.2 Å². The molecule has 6 nitrogen and oxygen atoms in total. The molecule has 1 aromatic heterocycles. The fourth-order valence-corrected chi connectivity index (χ4v) is 3.56. The van der Waals surface area contributed by atoms with Crippen molar-refractivity contribution in [2.24, 2.45) is 0 Å². The molecule has 25 heavy (non-hydrogen) atoms. The third-order valence-electron chi connectivity index (χ3n) is 4.74. The number of hydrogen-bond acceptors (Lipinski definition) is 4. The predicted octanol–water partition coefficient (Wildman–Crippen LogP) is 2.49. The summed E-state index contributed by atoms with van der Waals surface area (Å²) in [5, 5.41) is 2.92. The third-order valence-corrected chi connectivity index (χ3v) is 4.74. The Morgan fingerprint density at radius 1 is 1.12 bits per heavy atom. The lowest BCUT2D eigenvalue weighted by molar-refractivity contribution is -0.0440. The highest BCUT2D eigenvalue weighted by Crippen LogP contribution is 2.33. The summed E-state index contributed by atoms with van der Waals surface area (Å²) < 4.78 is 13.2. The zero-order chi connectivity index (χ0) is 16.8. The van der Waals surface area contributed by atoms with E-state index in [0.717, 1.165) is 34.3 Å². The molecule has 5 rings (SSSR count). The SMILES string of the molecule is O=C1NCCn2cnc3c(-c4cccc(C5OCCO5)c4)ccc1c32. The molecule has 0 saturated carbocycles. The molecule has 0 spiro atoms. The van der Waals surface area contributed by atoms with Crippen LogP contribution in [-0.4, -0.2) is 35.2 Å². The van der Waals surface area contributed by atoms with Crippen molar-refractivity contribution < 1.29 is 14.3 Å². The van der Waals surface area contributed by atoms with Gasteiger partial charge in [-0.05, 0) is 17.7 Å². The fraction of sp³-hybridized carbons (Fsp3) is 0.263. The minimum Gasteiger partial charge on any atom is -0.350 e. The minimum absolute atomic E-state index is 0.0442. The number of nitrogens with one attached hydrogen (secondary N) is 1. The van der Waals surface area contributed by atoms with E-state index >= 15 is 0 Å². The first-order chi connectivity index (χ1) is 12.3. The maximum Gasteiger partial charge on any atom is 0.253 e. The lowest BCUT2D eigenvalue weighted by atomic mass is 9.99. The molecule has 0 bridgehead atoms. The van der Waals surface area contributed by atoms with Gasteiger partial charge in [-0.1, -0.05) is 24.3 Å². The first-order valence-electron chi connectivity index (χ1n) is 8.41. The molecule has 0 aliphatic carbocycles. The standard InChI is InChI=1S/C19H17N3O3/c23-18-15-5-4-14(16-17(15)22(11-21-16)7-6-20-18)12-2-1-3-13(10-12)19-24-8-9-25-19/h1-5,10-11,19H,6-9H2,(H,20,23). The quantitative estimate of drug-likeness (QED) is 0.781. The average molecular weight is 335 g/mol. The van der Waals surface area contributed by atoms with E-state index in [-0.39, 0.29) is 12.2 Å². The number of imidazole rings is 1. The summed E-state index contributed by atoms with van der Waals surface area (Å²) in [5.74, 6) is -0.0442. The van der Waals surface area contributed by atoms with E-state index in [0.29, 0.717) is 25.3 Å². The Morgan fingerprint density at radius 3 is 2.84 bits per heavy atom. The molecule has 1 N–H and O–H groups in total. The van der Waals surface area contributed by atoms with E-state index in [1.165, 1.54) is 0 Å². The fourth-order valence-electron chi connectivity index (χ4n) is 3.56. The highest BCUT2D eigenvalue weighted by molar-refractivity contribution is 6.08. The lowest BCUT2D eigenvalue weighted by Gasteiger charge is -2.12. The van der Waals surface area contributed by atoms with Gasteiger partial charge in [-0.2, -0.15) is 0 Å². The molecule has 2 aliphatic heterocycles. The number of nitrogens with zero attached hydrogens (tertiary/aromatic N) is 2. The van der Waals surface area contributed by atoms with Crippen LogP contribution in [-0.2, 0) is 16.0 Å². The molecule has 1 fully saturated rings. The molecule has 2 aromatic carbocycles. The molecule has 0 radical (unpaired) electrons. The number of rotatable bonds is 2. The normalized spacial score (nSPS) is 17.7.